The molecule has 1 amide bonds. The minimum Gasteiger partial charge on any atom is -0.338 e. The summed E-state index contributed by atoms with van der Waals surface area (Å²) >= 11 is 0. The summed E-state index contributed by atoms with van der Waals surface area (Å²) in [5, 5.41) is 7.30. The Balaban J connectivity index is 1.16. The van der Waals surface area contributed by atoms with E-state index in [1.165, 1.54) is 5.56 Å². The molecule has 0 spiro atoms. The van der Waals surface area contributed by atoms with Crippen molar-refractivity contribution < 1.29 is 9.32 Å². The molecular formula is C28H28N4O2. The third kappa shape index (κ3) is 5.07. The number of carbonyl (C=O) groups excluding carboxylic acids is 1. The molecule has 0 bridgehead atoms. The Labute approximate surface area is 199 Å². The molecule has 2 heterocycles. The first-order valence-corrected chi connectivity index (χ1v) is 11.7. The van der Waals surface area contributed by atoms with Crippen LogP contribution >= 0.6 is 0 Å². The van der Waals surface area contributed by atoms with Gasteiger partial charge in [0.05, 0.1) is 6.54 Å². The second-order valence-corrected chi connectivity index (χ2v) is 8.83. The van der Waals surface area contributed by atoms with Crippen LogP contribution in [0.25, 0.3) is 22.5 Å². The van der Waals surface area contributed by atoms with E-state index in [4.69, 9.17) is 4.52 Å². The molecule has 1 fully saturated rings. The van der Waals surface area contributed by atoms with Crippen molar-refractivity contribution in [3.8, 4) is 22.5 Å². The maximum Gasteiger partial charge on any atom is 0.241 e. The van der Waals surface area contributed by atoms with E-state index in [2.05, 4.69) is 39.4 Å². The van der Waals surface area contributed by atoms with Gasteiger partial charge in [-0.3, -0.25) is 9.69 Å². The molecule has 0 radical (unpaired) electrons. The summed E-state index contributed by atoms with van der Waals surface area (Å²) in [5.74, 6) is 1.30. The molecule has 172 valence electrons. The van der Waals surface area contributed by atoms with Crippen LogP contribution in [0.1, 0.15) is 24.3 Å². The smallest absolute Gasteiger partial charge is 0.241 e. The Hall–Kier alpha value is -3.77. The van der Waals surface area contributed by atoms with E-state index in [1.807, 2.05) is 66.7 Å². The van der Waals surface area contributed by atoms with Crippen molar-refractivity contribution in [3.05, 3.63) is 90.3 Å². The van der Waals surface area contributed by atoms with Crippen LogP contribution in [0.3, 0.4) is 0 Å². The number of amides is 1. The summed E-state index contributed by atoms with van der Waals surface area (Å²) in [6.07, 6.45) is 1.61. The molecule has 34 heavy (non-hydrogen) atoms. The average molecular weight is 453 g/mol. The van der Waals surface area contributed by atoms with Crippen LogP contribution in [0.15, 0.2) is 83.4 Å². The Kier molecular flexibility index (Phi) is 6.49. The van der Waals surface area contributed by atoms with Gasteiger partial charge in [0.1, 0.15) is 0 Å². The number of carbonyl (C=O) groups is 1. The number of likely N-dealkylation sites (tertiary alicyclic amines) is 1. The molecule has 1 saturated heterocycles. The van der Waals surface area contributed by atoms with Crippen molar-refractivity contribution in [2.45, 2.75) is 26.3 Å². The second kappa shape index (κ2) is 10.0. The molecule has 1 aromatic heterocycles. The average Bonchev–Trinajstić information content (AvgIpc) is 3.34. The highest BCUT2D eigenvalue weighted by atomic mass is 16.5. The quantitative estimate of drug-likeness (QED) is 0.415. The number of anilines is 1. The van der Waals surface area contributed by atoms with Crippen molar-refractivity contribution >= 4 is 11.6 Å². The molecule has 0 unspecified atom stereocenters. The zero-order valence-electron chi connectivity index (χ0n) is 19.3. The lowest BCUT2D eigenvalue weighted by Gasteiger charge is -2.30. The van der Waals surface area contributed by atoms with Gasteiger partial charge in [-0.05, 0) is 44.5 Å². The van der Waals surface area contributed by atoms with Crippen LogP contribution in [-0.4, -0.2) is 34.0 Å². The van der Waals surface area contributed by atoms with Crippen LogP contribution in [0.5, 0.6) is 0 Å². The van der Waals surface area contributed by atoms with E-state index in [1.54, 1.807) is 0 Å². The summed E-state index contributed by atoms with van der Waals surface area (Å²) in [6, 6.07) is 26.2. The summed E-state index contributed by atoms with van der Waals surface area (Å²) < 4.78 is 5.48. The van der Waals surface area contributed by atoms with Gasteiger partial charge in [-0.25, -0.2) is 0 Å². The number of aryl methyl sites for hydroxylation is 1. The summed E-state index contributed by atoms with van der Waals surface area (Å²) in [7, 11) is 0. The lowest BCUT2D eigenvalue weighted by molar-refractivity contribution is -0.121. The maximum atomic E-state index is 13.0. The predicted molar refractivity (Wildman–Crippen MR) is 133 cm³/mol. The highest BCUT2D eigenvalue weighted by Gasteiger charge is 2.26. The van der Waals surface area contributed by atoms with Gasteiger partial charge in [0.25, 0.3) is 0 Å². The van der Waals surface area contributed by atoms with E-state index in [0.29, 0.717) is 18.3 Å². The van der Waals surface area contributed by atoms with Crippen LogP contribution in [0.2, 0.25) is 0 Å². The lowest BCUT2D eigenvalue weighted by atomic mass is 9.95. The fraction of sp³-hybridized carbons (Fsp3) is 0.250. The molecule has 3 aromatic carbocycles. The number of hydrogen-bond acceptors (Lipinski definition) is 5. The molecule has 1 N–H and O–H groups in total. The van der Waals surface area contributed by atoms with E-state index in [9.17, 15) is 4.79 Å². The topological polar surface area (TPSA) is 71.3 Å². The van der Waals surface area contributed by atoms with Crippen LogP contribution in [0, 0.1) is 12.8 Å². The van der Waals surface area contributed by atoms with Crippen molar-refractivity contribution in [1.29, 1.82) is 0 Å². The Morgan fingerprint density at radius 1 is 0.941 bits per heavy atom. The molecule has 4 aromatic rings. The zero-order valence-corrected chi connectivity index (χ0v) is 19.3. The number of nitrogens with zero attached hydrogens (tertiary/aromatic N) is 3. The van der Waals surface area contributed by atoms with E-state index < -0.39 is 0 Å². The number of benzene rings is 3. The molecule has 1 aliphatic rings. The van der Waals surface area contributed by atoms with Gasteiger partial charge in [0.2, 0.25) is 17.6 Å². The zero-order chi connectivity index (χ0) is 23.3. The number of para-hydroxylation sites is 1. The molecule has 6 heteroatoms. The molecule has 6 nitrogen and oxygen atoms in total. The molecular weight excluding hydrogens is 424 g/mol. The first kappa shape index (κ1) is 22.0. The van der Waals surface area contributed by atoms with Crippen molar-refractivity contribution in [3.63, 3.8) is 0 Å². The van der Waals surface area contributed by atoms with Crippen LogP contribution in [-0.2, 0) is 11.3 Å². The lowest BCUT2D eigenvalue weighted by Crippen LogP contribution is -2.37. The van der Waals surface area contributed by atoms with Gasteiger partial charge >= 0.3 is 0 Å². The number of nitrogens with one attached hydrogen (secondary N) is 1. The van der Waals surface area contributed by atoms with Gasteiger partial charge in [-0.2, -0.15) is 4.98 Å². The number of aromatic nitrogens is 2. The monoisotopic (exact) mass is 452 g/mol. The molecule has 5 rings (SSSR count). The third-order valence-corrected chi connectivity index (χ3v) is 6.36. The molecule has 0 aliphatic carbocycles. The van der Waals surface area contributed by atoms with Crippen molar-refractivity contribution in [2.24, 2.45) is 5.92 Å². The third-order valence-electron chi connectivity index (χ3n) is 6.36. The van der Waals surface area contributed by atoms with E-state index in [0.717, 1.165) is 48.3 Å². The van der Waals surface area contributed by atoms with Gasteiger partial charge in [0, 0.05) is 22.7 Å². The minimum atomic E-state index is -0.00844. The number of hydrogen-bond donors (Lipinski definition) is 1. The fourth-order valence-electron chi connectivity index (χ4n) is 4.38. The predicted octanol–water partition coefficient (Wildman–Crippen LogP) is 5.56. The first-order valence-electron chi connectivity index (χ1n) is 11.7. The van der Waals surface area contributed by atoms with E-state index >= 15 is 0 Å². The largest absolute Gasteiger partial charge is 0.338 e. The first-order chi connectivity index (χ1) is 16.7. The molecule has 1 aliphatic heterocycles. The normalized spacial score (nSPS) is 14.7. The Morgan fingerprint density at radius 3 is 2.41 bits per heavy atom. The van der Waals surface area contributed by atoms with Crippen LogP contribution in [0.4, 0.5) is 5.69 Å². The Bertz CT molecular complexity index is 1240. The second-order valence-electron chi connectivity index (χ2n) is 8.83. The standard InChI is InChI=1S/C28H28N4O2/c1-20-11-13-22(14-12-20)27-30-26(34-31-27)19-32-17-15-23(16-18-32)28(33)29-25-10-6-5-9-24(25)21-7-3-2-4-8-21/h2-14,23H,15-19H2,1H3,(H,29,33). The highest BCUT2D eigenvalue weighted by Crippen LogP contribution is 2.29. The number of rotatable bonds is 6. The van der Waals surface area contributed by atoms with Crippen LogP contribution < -0.4 is 5.32 Å². The van der Waals surface area contributed by atoms with E-state index in [-0.39, 0.29) is 11.8 Å². The van der Waals surface area contributed by atoms with Gasteiger partial charge in [0.15, 0.2) is 0 Å². The maximum absolute atomic E-state index is 13.0. The molecule has 0 atom stereocenters. The summed E-state index contributed by atoms with van der Waals surface area (Å²) in [4.78, 5) is 19.9. The van der Waals surface area contributed by atoms with Crippen molar-refractivity contribution in [2.75, 3.05) is 18.4 Å². The van der Waals surface area contributed by atoms with Gasteiger partial charge in [-0.1, -0.05) is 83.5 Å². The minimum absolute atomic E-state index is 0.00844. The summed E-state index contributed by atoms with van der Waals surface area (Å²) in [5.41, 5.74) is 5.14. The van der Waals surface area contributed by atoms with Crippen molar-refractivity contribution in [1.82, 2.24) is 15.0 Å². The number of piperidine rings is 1. The van der Waals surface area contributed by atoms with Gasteiger partial charge < -0.3 is 9.84 Å². The highest BCUT2D eigenvalue weighted by molar-refractivity contribution is 5.96. The fourth-order valence-corrected chi connectivity index (χ4v) is 4.38. The molecule has 0 saturated carbocycles. The SMILES string of the molecule is Cc1ccc(-c2noc(CN3CCC(C(=O)Nc4ccccc4-c4ccccc4)CC3)n2)cc1. The summed E-state index contributed by atoms with van der Waals surface area (Å²) in [6.45, 7) is 4.29. The Morgan fingerprint density at radius 2 is 1.65 bits per heavy atom. The van der Waals surface area contributed by atoms with Gasteiger partial charge in [-0.15, -0.1) is 0 Å².